The van der Waals surface area contributed by atoms with Crippen LogP contribution in [0.1, 0.15) is 22.4 Å². The normalized spacial score (nSPS) is 11.4. The zero-order valence-corrected chi connectivity index (χ0v) is 22.3. The number of halogens is 2. The molecule has 39 heavy (non-hydrogen) atoms. The van der Waals surface area contributed by atoms with Gasteiger partial charge in [0.1, 0.15) is 36.1 Å². The Morgan fingerprint density at radius 3 is 2.62 bits per heavy atom. The molecule has 5 nitrogen and oxygen atoms in total. The van der Waals surface area contributed by atoms with E-state index in [1.54, 1.807) is 12.1 Å². The molecule has 0 fully saturated rings. The van der Waals surface area contributed by atoms with E-state index in [4.69, 9.17) is 4.74 Å². The molecule has 8 heteroatoms. The van der Waals surface area contributed by atoms with Crippen molar-refractivity contribution in [3.05, 3.63) is 107 Å². The Morgan fingerprint density at radius 1 is 0.949 bits per heavy atom. The summed E-state index contributed by atoms with van der Waals surface area (Å²) in [4.78, 5) is 12.8. The number of thiophene rings is 1. The average Bonchev–Trinajstić information content (AvgIpc) is 3.52. The molecule has 6 aromatic rings. The van der Waals surface area contributed by atoms with E-state index in [1.165, 1.54) is 29.8 Å². The van der Waals surface area contributed by atoms with Crippen LogP contribution in [0.4, 0.5) is 14.6 Å². The molecule has 0 bridgehead atoms. The second kappa shape index (κ2) is 10.5. The van der Waals surface area contributed by atoms with Crippen LogP contribution in [-0.2, 0) is 13.0 Å². The molecule has 0 saturated carbocycles. The molecule has 0 aliphatic heterocycles. The van der Waals surface area contributed by atoms with Gasteiger partial charge in [-0.05, 0) is 61.2 Å². The van der Waals surface area contributed by atoms with Crippen LogP contribution in [0.15, 0.2) is 73.1 Å². The van der Waals surface area contributed by atoms with Crippen LogP contribution in [0.2, 0.25) is 0 Å². The number of H-pyrrole nitrogens is 1. The van der Waals surface area contributed by atoms with Gasteiger partial charge < -0.3 is 15.0 Å². The average molecular weight is 541 g/mol. The number of benzene rings is 3. The molecule has 0 aliphatic carbocycles. The summed E-state index contributed by atoms with van der Waals surface area (Å²) in [5.74, 6) is 0.572. The fourth-order valence-electron chi connectivity index (χ4n) is 4.90. The molecule has 0 aliphatic rings. The lowest BCUT2D eigenvalue weighted by Crippen LogP contribution is -2.07. The number of nitrogens with one attached hydrogen (secondary N) is 2. The quantitative estimate of drug-likeness (QED) is 0.206. The van der Waals surface area contributed by atoms with Crippen molar-refractivity contribution < 1.29 is 13.5 Å². The molecule has 0 radical (unpaired) electrons. The Hall–Kier alpha value is -4.30. The molecule has 0 amide bonds. The topological polar surface area (TPSA) is 62.8 Å². The van der Waals surface area contributed by atoms with Gasteiger partial charge >= 0.3 is 0 Å². The number of hydrogen-bond donors (Lipinski definition) is 2. The number of aryl methyl sites for hydroxylation is 2. The van der Waals surface area contributed by atoms with Crippen molar-refractivity contribution in [1.82, 2.24) is 15.0 Å². The second-order valence-electron chi connectivity index (χ2n) is 9.48. The van der Waals surface area contributed by atoms with Crippen molar-refractivity contribution in [3.8, 4) is 16.2 Å². The van der Waals surface area contributed by atoms with Crippen LogP contribution < -0.4 is 10.1 Å². The van der Waals surface area contributed by atoms with Crippen LogP contribution in [0.25, 0.3) is 31.6 Å². The van der Waals surface area contributed by atoms with E-state index in [9.17, 15) is 4.39 Å². The van der Waals surface area contributed by atoms with Crippen molar-refractivity contribution in [1.29, 1.82) is 0 Å². The van der Waals surface area contributed by atoms with E-state index in [0.717, 1.165) is 42.9 Å². The summed E-state index contributed by atoms with van der Waals surface area (Å²) in [6, 6.07) is 19.9. The number of fused-ring (bicyclic) bond motifs is 2. The summed E-state index contributed by atoms with van der Waals surface area (Å²) in [5.41, 5.74) is 5.89. The first kappa shape index (κ1) is 25.0. The van der Waals surface area contributed by atoms with Crippen LogP contribution in [0.3, 0.4) is 0 Å². The van der Waals surface area contributed by atoms with Gasteiger partial charge in [-0.1, -0.05) is 36.4 Å². The molecule has 2 N–H and O–H groups in total. The van der Waals surface area contributed by atoms with Gasteiger partial charge in [0.25, 0.3) is 0 Å². The van der Waals surface area contributed by atoms with Gasteiger partial charge in [-0.25, -0.2) is 18.7 Å². The largest absolute Gasteiger partial charge is 0.489 e. The maximum atomic E-state index is 15.1. The fraction of sp³-hybridized carbons (Fsp3) is 0.161. The Kier molecular flexibility index (Phi) is 6.70. The number of nitrogens with zero attached hydrogens (tertiary/aromatic N) is 2. The van der Waals surface area contributed by atoms with Crippen molar-refractivity contribution in [2.24, 2.45) is 0 Å². The highest BCUT2D eigenvalue weighted by Crippen LogP contribution is 2.38. The fourth-order valence-corrected chi connectivity index (χ4v) is 6.00. The molecular formula is C31H26F2N4OS. The lowest BCUT2D eigenvalue weighted by atomic mass is 10.0. The van der Waals surface area contributed by atoms with E-state index in [0.29, 0.717) is 42.2 Å². The van der Waals surface area contributed by atoms with Crippen molar-refractivity contribution in [2.75, 3.05) is 11.9 Å². The van der Waals surface area contributed by atoms with Crippen LogP contribution in [-0.4, -0.2) is 21.5 Å². The molecule has 0 spiro atoms. The predicted octanol–water partition coefficient (Wildman–Crippen LogP) is 7.97. The Bertz CT molecular complexity index is 1800. The molecular weight excluding hydrogens is 514 g/mol. The first-order chi connectivity index (χ1) is 19.0. The number of ether oxygens (including phenoxy) is 1. The van der Waals surface area contributed by atoms with Gasteiger partial charge in [0.05, 0.1) is 15.7 Å². The summed E-state index contributed by atoms with van der Waals surface area (Å²) in [6.07, 6.45) is 2.20. The lowest BCUT2D eigenvalue weighted by molar-refractivity contribution is 0.304. The minimum absolute atomic E-state index is 0.246. The summed E-state index contributed by atoms with van der Waals surface area (Å²) >= 11 is 1.44. The van der Waals surface area contributed by atoms with E-state index in [1.807, 2.05) is 56.3 Å². The monoisotopic (exact) mass is 540 g/mol. The number of aromatic amines is 1. The van der Waals surface area contributed by atoms with Crippen molar-refractivity contribution in [3.63, 3.8) is 0 Å². The summed E-state index contributed by atoms with van der Waals surface area (Å²) < 4.78 is 36.1. The van der Waals surface area contributed by atoms with Gasteiger partial charge in [0.15, 0.2) is 0 Å². The van der Waals surface area contributed by atoms with Crippen molar-refractivity contribution >= 4 is 38.3 Å². The van der Waals surface area contributed by atoms with Crippen LogP contribution in [0.5, 0.6) is 5.75 Å². The van der Waals surface area contributed by atoms with E-state index in [2.05, 4.69) is 20.3 Å². The smallest absolute Gasteiger partial charge is 0.147 e. The zero-order chi connectivity index (χ0) is 26.9. The minimum atomic E-state index is -0.355. The third-order valence-electron chi connectivity index (χ3n) is 6.86. The third kappa shape index (κ3) is 4.95. The highest BCUT2D eigenvalue weighted by Gasteiger charge is 2.16. The first-order valence-corrected chi connectivity index (χ1v) is 13.5. The highest BCUT2D eigenvalue weighted by atomic mass is 32.1. The Morgan fingerprint density at radius 2 is 1.79 bits per heavy atom. The lowest BCUT2D eigenvalue weighted by Gasteiger charge is -2.08. The number of anilines is 1. The predicted molar refractivity (Wildman–Crippen MR) is 154 cm³/mol. The zero-order valence-electron chi connectivity index (χ0n) is 21.5. The van der Waals surface area contributed by atoms with Crippen LogP contribution in [0, 0.1) is 25.5 Å². The molecule has 196 valence electrons. The molecule has 0 saturated heterocycles. The van der Waals surface area contributed by atoms with E-state index < -0.39 is 0 Å². The number of rotatable bonds is 8. The molecule has 3 aromatic carbocycles. The second-order valence-corrected chi connectivity index (χ2v) is 10.5. The molecule has 3 heterocycles. The van der Waals surface area contributed by atoms with Gasteiger partial charge in [0, 0.05) is 34.1 Å². The highest BCUT2D eigenvalue weighted by molar-refractivity contribution is 7.22. The minimum Gasteiger partial charge on any atom is -0.489 e. The molecule has 6 rings (SSSR count). The Labute approximate surface area is 228 Å². The Balaban J connectivity index is 1.20. The van der Waals surface area contributed by atoms with Gasteiger partial charge in [-0.2, -0.15) is 0 Å². The summed E-state index contributed by atoms with van der Waals surface area (Å²) in [7, 11) is 0. The third-order valence-corrected chi connectivity index (χ3v) is 8.03. The maximum absolute atomic E-state index is 15.1. The standard InChI is InChI=1S/C31H26F2N4OS/c1-18-8-11-24(32)29-28(18)22(19(2)37-29)12-13-34-31-30-26(35-17-36-31)15-27(39-30)23-10-9-21(14-25(23)33)38-16-20-6-4-3-5-7-20/h3-11,14-15,17,37H,12-13,16H2,1-2H3,(H,34,35,36). The van der Waals surface area contributed by atoms with E-state index in [-0.39, 0.29) is 11.6 Å². The molecule has 0 unspecified atom stereocenters. The number of hydrogen-bond acceptors (Lipinski definition) is 5. The van der Waals surface area contributed by atoms with Gasteiger partial charge in [-0.3, -0.25) is 0 Å². The van der Waals surface area contributed by atoms with Gasteiger partial charge in [-0.15, -0.1) is 11.3 Å². The van der Waals surface area contributed by atoms with Gasteiger partial charge in [0.2, 0.25) is 0 Å². The van der Waals surface area contributed by atoms with Crippen LogP contribution >= 0.6 is 11.3 Å². The maximum Gasteiger partial charge on any atom is 0.147 e. The summed E-state index contributed by atoms with van der Waals surface area (Å²) in [6.45, 7) is 4.94. The van der Waals surface area contributed by atoms with E-state index >= 15 is 4.39 Å². The first-order valence-electron chi connectivity index (χ1n) is 12.7. The number of aromatic nitrogens is 3. The SMILES string of the molecule is Cc1[nH]c2c(F)ccc(C)c2c1CCNc1ncnc2cc(-c3ccc(OCc4ccccc4)cc3F)sc12. The summed E-state index contributed by atoms with van der Waals surface area (Å²) in [5, 5.41) is 4.35. The molecule has 3 aromatic heterocycles. The van der Waals surface area contributed by atoms with Crippen molar-refractivity contribution in [2.45, 2.75) is 26.9 Å². The molecule has 0 atom stereocenters.